The second-order valence-electron chi connectivity index (χ2n) is 4.91. The molecule has 0 saturated carbocycles. The summed E-state index contributed by atoms with van der Waals surface area (Å²) in [7, 11) is 0. The SMILES string of the molecule is CSC1(C#N)CCN(Cc2cn3ccsc3n2)CC1. The Balaban J connectivity index is 1.63. The van der Waals surface area contributed by atoms with Gasteiger partial charge in [0.25, 0.3) is 0 Å². The van der Waals surface area contributed by atoms with Gasteiger partial charge in [-0.15, -0.1) is 23.1 Å². The van der Waals surface area contributed by atoms with Gasteiger partial charge in [0.15, 0.2) is 4.96 Å². The fourth-order valence-electron chi connectivity index (χ4n) is 2.52. The van der Waals surface area contributed by atoms with E-state index in [1.807, 2.05) is 17.8 Å². The van der Waals surface area contributed by atoms with E-state index in [0.717, 1.165) is 43.1 Å². The number of fused-ring (bicyclic) bond motifs is 1. The summed E-state index contributed by atoms with van der Waals surface area (Å²) in [6, 6.07) is 2.49. The standard InChI is InChI=1S/C13H16N4S2/c1-18-13(10-14)2-4-16(5-3-13)8-11-9-17-6-7-19-12(17)15-11/h6-7,9H,2-5,8H2,1H3. The van der Waals surface area contributed by atoms with Gasteiger partial charge >= 0.3 is 0 Å². The van der Waals surface area contributed by atoms with E-state index in [0.29, 0.717) is 0 Å². The van der Waals surface area contributed by atoms with E-state index in [9.17, 15) is 5.26 Å². The highest BCUT2D eigenvalue weighted by Crippen LogP contribution is 2.34. The van der Waals surface area contributed by atoms with E-state index in [2.05, 4.69) is 26.6 Å². The highest BCUT2D eigenvalue weighted by molar-refractivity contribution is 8.00. The molecule has 0 aliphatic carbocycles. The molecule has 100 valence electrons. The van der Waals surface area contributed by atoms with Crippen LogP contribution in [0.5, 0.6) is 0 Å². The zero-order chi connectivity index (χ0) is 13.3. The van der Waals surface area contributed by atoms with Crippen LogP contribution in [0.1, 0.15) is 18.5 Å². The van der Waals surface area contributed by atoms with Crippen molar-refractivity contribution in [1.82, 2.24) is 14.3 Å². The van der Waals surface area contributed by atoms with Gasteiger partial charge in [-0.25, -0.2) is 4.98 Å². The number of thioether (sulfide) groups is 1. The van der Waals surface area contributed by atoms with Crippen molar-refractivity contribution < 1.29 is 0 Å². The normalized spacial score (nSPS) is 19.6. The maximum Gasteiger partial charge on any atom is 0.193 e. The zero-order valence-electron chi connectivity index (χ0n) is 10.9. The van der Waals surface area contributed by atoms with E-state index in [-0.39, 0.29) is 4.75 Å². The average molecular weight is 292 g/mol. The van der Waals surface area contributed by atoms with E-state index < -0.39 is 0 Å². The first-order valence-electron chi connectivity index (χ1n) is 6.34. The van der Waals surface area contributed by atoms with Crippen molar-refractivity contribution in [2.75, 3.05) is 19.3 Å². The topological polar surface area (TPSA) is 44.3 Å². The van der Waals surface area contributed by atoms with Crippen molar-refractivity contribution in [1.29, 1.82) is 5.26 Å². The van der Waals surface area contributed by atoms with Crippen LogP contribution < -0.4 is 0 Å². The van der Waals surface area contributed by atoms with Crippen molar-refractivity contribution in [2.24, 2.45) is 0 Å². The molecule has 4 nitrogen and oxygen atoms in total. The number of nitriles is 1. The number of aromatic nitrogens is 2. The Bertz CT molecular complexity index is 573. The molecule has 6 heteroatoms. The van der Waals surface area contributed by atoms with Crippen LogP contribution >= 0.6 is 23.1 Å². The molecule has 0 radical (unpaired) electrons. The monoisotopic (exact) mass is 292 g/mol. The van der Waals surface area contributed by atoms with Crippen LogP contribution in [0.15, 0.2) is 17.8 Å². The number of rotatable bonds is 3. The minimum atomic E-state index is -0.162. The number of nitrogens with zero attached hydrogens (tertiary/aromatic N) is 4. The Morgan fingerprint density at radius 1 is 1.53 bits per heavy atom. The van der Waals surface area contributed by atoms with Gasteiger partial charge in [-0.1, -0.05) is 0 Å². The number of piperidine rings is 1. The molecule has 0 atom stereocenters. The predicted octanol–water partition coefficient (Wildman–Crippen LogP) is 2.62. The highest BCUT2D eigenvalue weighted by Gasteiger charge is 2.33. The molecule has 1 fully saturated rings. The summed E-state index contributed by atoms with van der Waals surface area (Å²) in [4.78, 5) is 8.07. The molecule has 1 saturated heterocycles. The van der Waals surface area contributed by atoms with Crippen molar-refractivity contribution in [3.05, 3.63) is 23.5 Å². The smallest absolute Gasteiger partial charge is 0.193 e. The molecule has 0 N–H and O–H groups in total. The number of hydrogen-bond donors (Lipinski definition) is 0. The quantitative estimate of drug-likeness (QED) is 0.872. The van der Waals surface area contributed by atoms with Gasteiger partial charge in [-0.2, -0.15) is 5.26 Å². The molecule has 1 aliphatic heterocycles. The molecule has 2 aromatic heterocycles. The lowest BCUT2D eigenvalue weighted by atomic mass is 9.97. The first kappa shape index (κ1) is 13.0. The zero-order valence-corrected chi connectivity index (χ0v) is 12.5. The lowest BCUT2D eigenvalue weighted by Crippen LogP contribution is -2.41. The fraction of sp³-hybridized carbons (Fsp3) is 0.538. The first-order chi connectivity index (χ1) is 9.24. The molecular weight excluding hydrogens is 276 g/mol. The molecule has 1 aliphatic rings. The van der Waals surface area contributed by atoms with Crippen molar-refractivity contribution in [2.45, 2.75) is 24.1 Å². The van der Waals surface area contributed by atoms with Gasteiger partial charge in [0.2, 0.25) is 0 Å². The predicted molar refractivity (Wildman–Crippen MR) is 79.4 cm³/mol. The van der Waals surface area contributed by atoms with E-state index in [1.54, 1.807) is 23.1 Å². The molecule has 0 aromatic carbocycles. The van der Waals surface area contributed by atoms with Gasteiger partial charge in [0, 0.05) is 37.4 Å². The fourth-order valence-corrected chi connectivity index (χ4v) is 3.92. The van der Waals surface area contributed by atoms with Crippen LogP contribution in [-0.4, -0.2) is 38.4 Å². The third-order valence-corrected chi connectivity index (χ3v) is 5.84. The number of hydrogen-bond acceptors (Lipinski definition) is 5. The number of thiazole rings is 1. The third kappa shape index (κ3) is 2.50. The molecule has 2 aromatic rings. The van der Waals surface area contributed by atoms with Crippen molar-refractivity contribution in [3.8, 4) is 6.07 Å². The van der Waals surface area contributed by atoms with E-state index in [4.69, 9.17) is 0 Å². The largest absolute Gasteiger partial charge is 0.297 e. The lowest BCUT2D eigenvalue weighted by molar-refractivity contribution is 0.207. The molecule has 0 amide bonds. The summed E-state index contributed by atoms with van der Waals surface area (Å²) in [6.45, 7) is 2.86. The third-order valence-electron chi connectivity index (χ3n) is 3.79. The van der Waals surface area contributed by atoms with Crippen LogP contribution in [0.25, 0.3) is 4.96 Å². The summed E-state index contributed by atoms with van der Waals surface area (Å²) in [5, 5.41) is 11.3. The summed E-state index contributed by atoms with van der Waals surface area (Å²) >= 11 is 3.36. The maximum absolute atomic E-state index is 9.28. The number of imidazole rings is 1. The summed E-state index contributed by atoms with van der Waals surface area (Å²) in [5.41, 5.74) is 1.13. The van der Waals surface area contributed by atoms with Crippen LogP contribution in [0.3, 0.4) is 0 Å². The maximum atomic E-state index is 9.28. The summed E-state index contributed by atoms with van der Waals surface area (Å²) < 4.78 is 1.91. The molecule has 3 heterocycles. The lowest BCUT2D eigenvalue weighted by Gasteiger charge is -2.35. The minimum Gasteiger partial charge on any atom is -0.297 e. The molecule has 0 spiro atoms. The first-order valence-corrected chi connectivity index (χ1v) is 8.45. The number of likely N-dealkylation sites (tertiary alicyclic amines) is 1. The Morgan fingerprint density at radius 3 is 2.95 bits per heavy atom. The molecule has 19 heavy (non-hydrogen) atoms. The van der Waals surface area contributed by atoms with Crippen LogP contribution in [0, 0.1) is 11.3 Å². The van der Waals surface area contributed by atoms with E-state index >= 15 is 0 Å². The highest BCUT2D eigenvalue weighted by atomic mass is 32.2. The van der Waals surface area contributed by atoms with Crippen molar-refractivity contribution in [3.63, 3.8) is 0 Å². The molecule has 3 rings (SSSR count). The minimum absolute atomic E-state index is 0.162. The van der Waals surface area contributed by atoms with Crippen molar-refractivity contribution >= 4 is 28.1 Å². The van der Waals surface area contributed by atoms with Gasteiger partial charge in [0.1, 0.15) is 4.75 Å². The second-order valence-corrected chi connectivity index (χ2v) is 6.97. The van der Waals surface area contributed by atoms with Gasteiger partial charge < -0.3 is 0 Å². The summed E-state index contributed by atoms with van der Waals surface area (Å²) in [6.07, 6.45) is 8.09. The molecular formula is C13H16N4S2. The average Bonchev–Trinajstić information content (AvgIpc) is 3.01. The summed E-state index contributed by atoms with van der Waals surface area (Å²) in [5.74, 6) is 0. The Kier molecular flexibility index (Phi) is 3.52. The molecule has 0 bridgehead atoms. The van der Waals surface area contributed by atoms with Gasteiger partial charge in [0.05, 0.1) is 11.8 Å². The van der Waals surface area contributed by atoms with Gasteiger partial charge in [-0.05, 0) is 19.1 Å². The second kappa shape index (κ2) is 5.16. The van der Waals surface area contributed by atoms with E-state index in [1.165, 1.54) is 0 Å². The van der Waals surface area contributed by atoms with Crippen LogP contribution in [-0.2, 0) is 6.54 Å². The Hall–Kier alpha value is -1.03. The Morgan fingerprint density at radius 2 is 2.32 bits per heavy atom. The van der Waals surface area contributed by atoms with Gasteiger partial charge in [-0.3, -0.25) is 9.30 Å². The molecule has 0 unspecified atom stereocenters. The van der Waals surface area contributed by atoms with Crippen LogP contribution in [0.4, 0.5) is 0 Å². The Labute approximate surface area is 121 Å². The van der Waals surface area contributed by atoms with Crippen LogP contribution in [0.2, 0.25) is 0 Å².